The van der Waals surface area contributed by atoms with Crippen LogP contribution in [0.3, 0.4) is 0 Å². The highest BCUT2D eigenvalue weighted by Crippen LogP contribution is 2.57. The van der Waals surface area contributed by atoms with Gasteiger partial charge in [-0.25, -0.2) is 9.37 Å². The van der Waals surface area contributed by atoms with Crippen LogP contribution in [0, 0.1) is 11.7 Å². The van der Waals surface area contributed by atoms with E-state index >= 15 is 0 Å². The van der Waals surface area contributed by atoms with Crippen molar-refractivity contribution in [1.29, 1.82) is 0 Å². The van der Waals surface area contributed by atoms with Gasteiger partial charge >= 0.3 is 0 Å². The Morgan fingerprint density at radius 2 is 1.86 bits per heavy atom. The molecular formula is C27H31FN4O4. The van der Waals surface area contributed by atoms with Crippen LogP contribution >= 0.6 is 0 Å². The maximum Gasteiger partial charge on any atom is 0.224 e. The van der Waals surface area contributed by atoms with Crippen LogP contribution in [0.1, 0.15) is 31.2 Å². The molecule has 1 aromatic heterocycles. The highest BCUT2D eigenvalue weighted by Gasteiger charge is 2.57. The maximum absolute atomic E-state index is 13.4. The third-order valence-corrected chi connectivity index (χ3v) is 8.04. The zero-order chi connectivity index (χ0) is 24.9. The minimum absolute atomic E-state index is 0.0806. The number of hydrogen-bond donors (Lipinski definition) is 3. The number of aromatic nitrogens is 1. The van der Waals surface area contributed by atoms with Crippen molar-refractivity contribution < 1.29 is 24.1 Å². The molecule has 2 bridgehead atoms. The average Bonchev–Trinajstić information content (AvgIpc) is 2.84. The van der Waals surface area contributed by atoms with Crippen molar-refractivity contribution in [2.24, 2.45) is 5.92 Å². The summed E-state index contributed by atoms with van der Waals surface area (Å²) < 4.78 is 18.9. The van der Waals surface area contributed by atoms with Crippen molar-refractivity contribution in [1.82, 2.24) is 15.2 Å². The number of morpholine rings is 1. The summed E-state index contributed by atoms with van der Waals surface area (Å²) in [5.74, 6) is 0.554. The molecule has 1 saturated heterocycles. The van der Waals surface area contributed by atoms with Crippen LogP contribution in [0.4, 0.5) is 10.2 Å². The molecule has 1 unspecified atom stereocenters. The Bertz CT molecular complexity index is 1180. The van der Waals surface area contributed by atoms with Gasteiger partial charge in [0.15, 0.2) is 6.23 Å². The Morgan fingerprint density at radius 1 is 1.14 bits per heavy atom. The third kappa shape index (κ3) is 4.25. The number of pyridine rings is 1. The standard InChI is InChI=1S/C27H31FN4O4/c28-20-3-1-18(2-4-20)19-11-21-24(34)22(12-23(33)30-27-13-17(14-27)15-27)26(35)32(25(21)29-16-19)6-5-31-7-9-36-10-8-31/h1-4,11,16-17,26,34-35H,5-10,12-15H2,(H,30,33). The van der Waals surface area contributed by atoms with E-state index in [9.17, 15) is 19.4 Å². The fourth-order valence-electron chi connectivity index (χ4n) is 5.88. The van der Waals surface area contributed by atoms with E-state index in [1.807, 2.05) is 0 Å². The monoisotopic (exact) mass is 494 g/mol. The Morgan fingerprint density at radius 3 is 2.53 bits per heavy atom. The van der Waals surface area contributed by atoms with Gasteiger partial charge in [0.1, 0.15) is 17.4 Å². The van der Waals surface area contributed by atoms with Crippen LogP contribution in [0.5, 0.6) is 0 Å². The van der Waals surface area contributed by atoms with Crippen LogP contribution in [0.25, 0.3) is 16.9 Å². The summed E-state index contributed by atoms with van der Waals surface area (Å²) in [4.78, 5) is 21.5. The fraction of sp³-hybridized carbons (Fsp3) is 0.481. The van der Waals surface area contributed by atoms with Gasteiger partial charge in [-0.15, -0.1) is 0 Å². The van der Waals surface area contributed by atoms with Crippen molar-refractivity contribution in [3.8, 4) is 11.1 Å². The SMILES string of the molecule is O=C(CC1=C(O)c2cc(-c3ccc(F)cc3)cnc2N(CCN2CCOCC2)C1O)NC12CC(C1)C2. The number of hydrogen-bond acceptors (Lipinski definition) is 7. The molecule has 1 aromatic carbocycles. The smallest absolute Gasteiger partial charge is 0.224 e. The van der Waals surface area contributed by atoms with E-state index in [1.54, 1.807) is 29.3 Å². The summed E-state index contributed by atoms with van der Waals surface area (Å²) in [5, 5.41) is 25.7. The molecule has 2 aliphatic heterocycles. The van der Waals surface area contributed by atoms with E-state index in [0.29, 0.717) is 43.2 Å². The number of rotatable bonds is 7. The molecule has 3 aliphatic carbocycles. The molecule has 3 saturated carbocycles. The minimum Gasteiger partial charge on any atom is -0.507 e. The van der Waals surface area contributed by atoms with Crippen LogP contribution in [-0.4, -0.2) is 77.2 Å². The molecule has 1 amide bonds. The number of ether oxygens (including phenoxy) is 1. The van der Waals surface area contributed by atoms with Crippen LogP contribution < -0.4 is 10.2 Å². The number of amides is 1. The first-order valence-electron chi connectivity index (χ1n) is 12.6. The highest BCUT2D eigenvalue weighted by molar-refractivity contribution is 5.87. The lowest BCUT2D eigenvalue weighted by Gasteiger charge is -2.61. The summed E-state index contributed by atoms with van der Waals surface area (Å²) in [6, 6.07) is 7.86. The molecular weight excluding hydrogens is 463 g/mol. The Labute approximate surface area is 209 Å². The van der Waals surface area contributed by atoms with Gasteiger partial charge in [-0.2, -0.15) is 0 Å². The summed E-state index contributed by atoms with van der Waals surface area (Å²) in [6.45, 7) is 4.13. The zero-order valence-electron chi connectivity index (χ0n) is 20.1. The molecule has 1 atom stereocenters. The highest BCUT2D eigenvalue weighted by atomic mass is 19.1. The Hall–Kier alpha value is -3.01. The van der Waals surface area contributed by atoms with Gasteiger partial charge in [0.05, 0.1) is 25.2 Å². The van der Waals surface area contributed by atoms with E-state index in [2.05, 4.69) is 15.2 Å². The molecule has 36 heavy (non-hydrogen) atoms. The summed E-state index contributed by atoms with van der Waals surface area (Å²) >= 11 is 0. The number of aliphatic hydroxyl groups is 2. The summed E-state index contributed by atoms with van der Waals surface area (Å²) in [5.41, 5.74) is 2.11. The van der Waals surface area contributed by atoms with Crippen molar-refractivity contribution in [2.45, 2.75) is 37.5 Å². The second-order valence-electron chi connectivity index (χ2n) is 10.5. The van der Waals surface area contributed by atoms with Crippen LogP contribution in [0.2, 0.25) is 0 Å². The van der Waals surface area contributed by atoms with Gasteiger partial charge < -0.3 is 25.2 Å². The number of carbonyl (C=O) groups is 1. The third-order valence-electron chi connectivity index (χ3n) is 8.04. The molecule has 7 rings (SSSR count). The number of carbonyl (C=O) groups excluding carboxylic acids is 1. The van der Waals surface area contributed by atoms with Crippen molar-refractivity contribution in [2.75, 3.05) is 44.3 Å². The second kappa shape index (κ2) is 9.14. The predicted molar refractivity (Wildman–Crippen MR) is 133 cm³/mol. The quantitative estimate of drug-likeness (QED) is 0.545. The molecule has 0 spiro atoms. The number of nitrogens with one attached hydrogen (secondary N) is 1. The second-order valence-corrected chi connectivity index (χ2v) is 10.5. The van der Waals surface area contributed by atoms with Crippen molar-refractivity contribution >= 4 is 17.5 Å². The van der Waals surface area contributed by atoms with Crippen molar-refractivity contribution in [3.63, 3.8) is 0 Å². The van der Waals surface area contributed by atoms with Gasteiger partial charge in [0.25, 0.3) is 0 Å². The number of nitrogens with zero attached hydrogens (tertiary/aromatic N) is 3. The molecule has 3 N–H and O–H groups in total. The average molecular weight is 495 g/mol. The molecule has 3 heterocycles. The lowest BCUT2D eigenvalue weighted by Crippen LogP contribution is -2.68. The topological polar surface area (TPSA) is 98.2 Å². The van der Waals surface area contributed by atoms with E-state index in [0.717, 1.165) is 43.8 Å². The summed E-state index contributed by atoms with van der Waals surface area (Å²) in [7, 11) is 0. The van der Waals surface area contributed by atoms with Gasteiger partial charge in [0.2, 0.25) is 5.91 Å². The largest absolute Gasteiger partial charge is 0.507 e. The molecule has 8 nitrogen and oxygen atoms in total. The Balaban J connectivity index is 1.30. The van der Waals surface area contributed by atoms with E-state index in [1.165, 1.54) is 12.1 Å². The molecule has 4 fully saturated rings. The first kappa shape index (κ1) is 23.4. The molecule has 0 radical (unpaired) electrons. The number of fused-ring (bicyclic) bond motifs is 1. The number of halogens is 1. The summed E-state index contributed by atoms with van der Waals surface area (Å²) in [6.07, 6.45) is 3.46. The Kier molecular flexibility index (Phi) is 5.94. The first-order valence-corrected chi connectivity index (χ1v) is 12.6. The lowest BCUT2D eigenvalue weighted by atomic mass is 9.50. The van der Waals surface area contributed by atoms with Gasteiger partial charge in [0, 0.05) is 49.1 Å². The van der Waals surface area contributed by atoms with E-state index in [4.69, 9.17) is 4.74 Å². The van der Waals surface area contributed by atoms with Gasteiger partial charge in [-0.3, -0.25) is 9.69 Å². The van der Waals surface area contributed by atoms with Crippen molar-refractivity contribution in [3.05, 3.63) is 53.5 Å². The molecule has 190 valence electrons. The lowest BCUT2D eigenvalue weighted by molar-refractivity contribution is -0.132. The zero-order valence-corrected chi connectivity index (χ0v) is 20.1. The maximum atomic E-state index is 13.4. The van der Waals surface area contributed by atoms with Gasteiger partial charge in [-0.1, -0.05) is 12.1 Å². The normalized spacial score (nSPS) is 27.2. The fourth-order valence-corrected chi connectivity index (χ4v) is 5.88. The number of aliphatic hydroxyl groups excluding tert-OH is 2. The van der Waals surface area contributed by atoms with E-state index in [-0.39, 0.29) is 35.0 Å². The van der Waals surface area contributed by atoms with Crippen LogP contribution in [-0.2, 0) is 9.53 Å². The predicted octanol–water partition coefficient (Wildman–Crippen LogP) is 2.69. The molecule has 9 heteroatoms. The number of benzene rings is 1. The van der Waals surface area contributed by atoms with Crippen LogP contribution in [0.15, 0.2) is 42.1 Å². The number of anilines is 1. The molecule has 2 aromatic rings. The minimum atomic E-state index is -1.17. The van der Waals surface area contributed by atoms with E-state index < -0.39 is 6.23 Å². The van der Waals surface area contributed by atoms with Gasteiger partial charge in [-0.05, 0) is 48.9 Å². The first-order chi connectivity index (χ1) is 17.4. The molecule has 5 aliphatic rings.